The average Bonchev–Trinajstić information content (AvgIpc) is 2.36. The third kappa shape index (κ3) is 3.34. The summed E-state index contributed by atoms with van der Waals surface area (Å²) in [5.74, 6) is -0.528. The van der Waals surface area contributed by atoms with Crippen LogP contribution in [0.15, 0.2) is 36.4 Å². The summed E-state index contributed by atoms with van der Waals surface area (Å²) in [5.41, 5.74) is -0.979. The first-order valence-corrected chi connectivity index (χ1v) is 6.79. The number of rotatable bonds is 2. The van der Waals surface area contributed by atoms with Gasteiger partial charge in [-0.25, -0.2) is 0 Å². The van der Waals surface area contributed by atoms with Crippen LogP contribution >= 0.6 is 34.8 Å². The van der Waals surface area contributed by atoms with Crippen LogP contribution in [0.25, 0.3) is 10.8 Å². The van der Waals surface area contributed by atoms with Crippen LogP contribution in [0.1, 0.15) is 5.56 Å². The summed E-state index contributed by atoms with van der Waals surface area (Å²) >= 11 is 15.3. The highest BCUT2D eigenvalue weighted by Gasteiger charge is 2.54. The van der Waals surface area contributed by atoms with Crippen molar-refractivity contribution in [1.82, 2.24) is 0 Å². The van der Waals surface area contributed by atoms with Crippen LogP contribution in [0.5, 0.6) is 5.75 Å². The molecule has 2 rings (SSSR count). The Morgan fingerprint density at radius 3 is 1.82 bits per heavy atom. The molecule has 2 aromatic rings. The molecule has 0 spiro atoms. The molecule has 0 aliphatic carbocycles. The van der Waals surface area contributed by atoms with Crippen LogP contribution in [0.3, 0.4) is 0 Å². The van der Waals surface area contributed by atoms with E-state index >= 15 is 0 Å². The van der Waals surface area contributed by atoms with Gasteiger partial charge in [-0.05, 0) is 17.5 Å². The maximum absolute atomic E-state index is 13.6. The zero-order valence-corrected chi connectivity index (χ0v) is 12.7. The van der Waals surface area contributed by atoms with Gasteiger partial charge in [0.05, 0.1) is 5.56 Å². The maximum atomic E-state index is 13.6. The maximum Gasteiger partial charge on any atom is 0.446 e. The Morgan fingerprint density at radius 1 is 0.773 bits per heavy atom. The van der Waals surface area contributed by atoms with E-state index in [4.69, 9.17) is 34.8 Å². The molecule has 0 aromatic heterocycles. The van der Waals surface area contributed by atoms with Crippen LogP contribution in [0, 0.1) is 0 Å². The van der Waals surface area contributed by atoms with Crippen LogP contribution in [0.4, 0.5) is 22.0 Å². The van der Waals surface area contributed by atoms with E-state index < -0.39 is 27.4 Å². The Hall–Kier alpha value is -0.980. The molecule has 0 aliphatic rings. The minimum absolute atomic E-state index is 0.175. The van der Waals surface area contributed by atoms with Gasteiger partial charge in [-0.15, -0.1) is 0 Å². The van der Waals surface area contributed by atoms with Crippen molar-refractivity contribution >= 4 is 45.6 Å². The van der Waals surface area contributed by atoms with Gasteiger partial charge in [0.2, 0.25) is 0 Å². The predicted octanol–water partition coefficient (Wildman–Crippen LogP) is 6.20. The van der Waals surface area contributed by atoms with Crippen molar-refractivity contribution in [3.8, 4) is 5.75 Å². The molecule has 0 amide bonds. The fourth-order valence-corrected chi connectivity index (χ4v) is 1.92. The standard InChI is InChI=1S/C13H6Cl3F5O/c14-12(15,16)13(20,21)22-10-6-5-9(11(17,18)19)7-3-1-2-4-8(7)10/h1-6H. The molecular formula is C13H6Cl3F5O. The smallest absolute Gasteiger partial charge is 0.429 e. The van der Waals surface area contributed by atoms with Crippen LogP contribution < -0.4 is 4.74 Å². The highest BCUT2D eigenvalue weighted by Crippen LogP contribution is 2.45. The molecule has 9 heteroatoms. The average molecular weight is 380 g/mol. The molecule has 0 atom stereocenters. The molecule has 0 radical (unpaired) electrons. The van der Waals surface area contributed by atoms with E-state index in [1.807, 2.05) is 0 Å². The normalized spacial score (nSPS) is 13.5. The number of halogens is 8. The molecule has 0 N–H and O–H groups in total. The van der Waals surface area contributed by atoms with E-state index in [1.165, 1.54) is 18.2 Å². The second-order valence-corrected chi connectivity index (χ2v) is 6.55. The Morgan fingerprint density at radius 2 is 1.32 bits per heavy atom. The van der Waals surface area contributed by atoms with E-state index in [-0.39, 0.29) is 10.8 Å². The lowest BCUT2D eigenvalue weighted by Gasteiger charge is -2.25. The first-order valence-electron chi connectivity index (χ1n) is 5.66. The monoisotopic (exact) mass is 378 g/mol. The highest BCUT2D eigenvalue weighted by molar-refractivity contribution is 6.68. The second kappa shape index (κ2) is 5.58. The van der Waals surface area contributed by atoms with Gasteiger partial charge in [-0.2, -0.15) is 22.0 Å². The van der Waals surface area contributed by atoms with Crippen molar-refractivity contribution in [1.29, 1.82) is 0 Å². The van der Waals surface area contributed by atoms with Gasteiger partial charge in [-0.3, -0.25) is 0 Å². The third-order valence-electron chi connectivity index (χ3n) is 2.76. The topological polar surface area (TPSA) is 9.23 Å². The lowest BCUT2D eigenvalue weighted by atomic mass is 10.0. The summed E-state index contributed by atoms with van der Waals surface area (Å²) in [5, 5.41) is -0.473. The van der Waals surface area contributed by atoms with Crippen molar-refractivity contribution in [3.63, 3.8) is 0 Å². The summed E-state index contributed by atoms with van der Waals surface area (Å²) in [6, 6.07) is 6.45. The molecule has 0 fully saturated rings. The quantitative estimate of drug-likeness (QED) is 0.446. The highest BCUT2D eigenvalue weighted by atomic mass is 35.6. The number of hydrogen-bond donors (Lipinski definition) is 0. The summed E-state index contributed by atoms with van der Waals surface area (Å²) in [4.78, 5) is 0. The summed E-state index contributed by atoms with van der Waals surface area (Å²) in [7, 11) is 0. The van der Waals surface area contributed by atoms with Gasteiger partial charge in [0.15, 0.2) is 0 Å². The molecule has 0 heterocycles. The third-order valence-corrected chi connectivity index (χ3v) is 3.42. The molecule has 120 valence electrons. The van der Waals surface area contributed by atoms with Crippen LogP contribution in [0.2, 0.25) is 0 Å². The zero-order valence-electron chi connectivity index (χ0n) is 10.4. The molecule has 0 saturated heterocycles. The fraction of sp³-hybridized carbons (Fsp3) is 0.231. The molecule has 2 aromatic carbocycles. The van der Waals surface area contributed by atoms with Crippen molar-refractivity contribution < 1.29 is 26.7 Å². The summed E-state index contributed by atoms with van der Waals surface area (Å²) < 4.78 is 67.3. The number of alkyl halides is 8. The van der Waals surface area contributed by atoms with Gasteiger partial charge in [0.1, 0.15) is 5.75 Å². The Labute approximate surface area is 136 Å². The Kier molecular flexibility index (Phi) is 4.41. The van der Waals surface area contributed by atoms with Gasteiger partial charge in [0, 0.05) is 5.39 Å². The number of benzene rings is 2. The van der Waals surface area contributed by atoms with E-state index in [0.29, 0.717) is 6.07 Å². The van der Waals surface area contributed by atoms with Crippen molar-refractivity contribution in [2.75, 3.05) is 0 Å². The number of fused-ring (bicyclic) bond motifs is 1. The van der Waals surface area contributed by atoms with Gasteiger partial charge in [-0.1, -0.05) is 59.1 Å². The Bertz CT molecular complexity index is 694. The Balaban J connectivity index is 2.59. The predicted molar refractivity (Wildman–Crippen MR) is 74.8 cm³/mol. The molecule has 0 unspecified atom stereocenters. The van der Waals surface area contributed by atoms with Gasteiger partial charge >= 0.3 is 12.3 Å². The zero-order chi connectivity index (χ0) is 16.8. The molecule has 0 bridgehead atoms. The summed E-state index contributed by atoms with van der Waals surface area (Å²) in [6.45, 7) is 0. The first-order chi connectivity index (χ1) is 9.93. The number of ether oxygens (including phenoxy) is 1. The van der Waals surface area contributed by atoms with Crippen molar-refractivity contribution in [2.24, 2.45) is 0 Å². The first kappa shape index (κ1) is 17.4. The molecule has 22 heavy (non-hydrogen) atoms. The molecular weight excluding hydrogens is 373 g/mol. The lowest BCUT2D eigenvalue weighted by Crippen LogP contribution is -2.39. The minimum Gasteiger partial charge on any atom is -0.429 e. The van der Waals surface area contributed by atoms with Gasteiger partial charge in [0.25, 0.3) is 3.79 Å². The molecule has 0 saturated carbocycles. The summed E-state index contributed by atoms with van der Waals surface area (Å²) in [6.07, 6.45) is -8.87. The lowest BCUT2D eigenvalue weighted by molar-refractivity contribution is -0.170. The van der Waals surface area contributed by atoms with E-state index in [1.54, 1.807) is 0 Å². The van der Waals surface area contributed by atoms with E-state index in [2.05, 4.69) is 4.74 Å². The van der Waals surface area contributed by atoms with Crippen LogP contribution in [-0.2, 0) is 6.18 Å². The fourth-order valence-electron chi connectivity index (χ4n) is 1.80. The second-order valence-electron chi connectivity index (χ2n) is 4.27. The molecule has 1 nitrogen and oxygen atoms in total. The van der Waals surface area contributed by atoms with E-state index in [9.17, 15) is 22.0 Å². The minimum atomic E-state index is -4.64. The van der Waals surface area contributed by atoms with Crippen molar-refractivity contribution in [2.45, 2.75) is 16.1 Å². The van der Waals surface area contributed by atoms with Gasteiger partial charge < -0.3 is 4.74 Å². The van der Waals surface area contributed by atoms with E-state index in [0.717, 1.165) is 12.1 Å². The SMILES string of the molecule is FC(F)(F)c1ccc(OC(F)(F)C(Cl)(Cl)Cl)c2ccccc12. The largest absolute Gasteiger partial charge is 0.446 e. The van der Waals surface area contributed by atoms with Crippen LogP contribution in [-0.4, -0.2) is 9.90 Å². The number of hydrogen-bond acceptors (Lipinski definition) is 1. The van der Waals surface area contributed by atoms with Crippen molar-refractivity contribution in [3.05, 3.63) is 42.0 Å². The molecule has 0 aliphatic heterocycles.